The molecule has 0 spiro atoms. The van der Waals surface area contributed by atoms with Crippen LogP contribution in [0.15, 0.2) is 60.7 Å². The van der Waals surface area contributed by atoms with Crippen molar-refractivity contribution in [2.24, 2.45) is 11.8 Å². The van der Waals surface area contributed by atoms with Crippen LogP contribution in [0, 0.1) is 17.8 Å². The Labute approximate surface area is 143 Å². The van der Waals surface area contributed by atoms with E-state index in [-0.39, 0.29) is 0 Å². The van der Waals surface area contributed by atoms with E-state index in [1.54, 1.807) is 5.92 Å². The lowest BCUT2D eigenvalue weighted by Gasteiger charge is -2.35. The van der Waals surface area contributed by atoms with Gasteiger partial charge < -0.3 is 0 Å². The van der Waals surface area contributed by atoms with Crippen molar-refractivity contribution in [2.45, 2.75) is 52.9 Å². The first kappa shape index (κ1) is 17.8. The Morgan fingerprint density at radius 1 is 0.783 bits per heavy atom. The number of rotatable bonds is 8. The molecule has 0 heteroatoms. The lowest BCUT2D eigenvalue weighted by Crippen LogP contribution is -2.25. The van der Waals surface area contributed by atoms with Crippen molar-refractivity contribution < 1.29 is 0 Å². The first-order valence-electron chi connectivity index (χ1n) is 9.11. The highest BCUT2D eigenvalue weighted by Crippen LogP contribution is 2.42. The van der Waals surface area contributed by atoms with Crippen molar-refractivity contribution in [3.63, 3.8) is 0 Å². The second kappa shape index (κ2) is 8.91. The lowest BCUT2D eigenvalue weighted by atomic mass is 9.69. The summed E-state index contributed by atoms with van der Waals surface area (Å²) in [5, 5.41) is 0. The maximum atomic E-state index is 2.41. The maximum absolute atomic E-state index is 2.41. The van der Waals surface area contributed by atoms with Gasteiger partial charge in [-0.2, -0.15) is 0 Å². The van der Waals surface area contributed by atoms with Gasteiger partial charge in [0.1, 0.15) is 0 Å². The summed E-state index contributed by atoms with van der Waals surface area (Å²) in [5.41, 5.74) is 2.92. The Morgan fingerprint density at radius 3 is 1.87 bits per heavy atom. The monoisotopic (exact) mass is 307 g/mol. The Hall–Kier alpha value is -1.56. The first-order chi connectivity index (χ1) is 11.2. The topological polar surface area (TPSA) is 0 Å². The molecule has 0 amide bonds. The standard InChI is InChI=1S/C23H31/c1-5-18(3)22(17-20-13-9-7-10-14-20)23(19(4)6-2)21-15-11-8-12-16-21/h7-16,18-19,23H,5-6,17H2,1-4H3. The van der Waals surface area contributed by atoms with Crippen LogP contribution in [0.5, 0.6) is 0 Å². The zero-order chi connectivity index (χ0) is 16.7. The highest BCUT2D eigenvalue weighted by molar-refractivity contribution is 5.31. The second-order valence-electron chi connectivity index (χ2n) is 6.82. The maximum Gasteiger partial charge on any atom is -0.00682 e. The predicted octanol–water partition coefficient (Wildman–Crippen LogP) is 6.68. The summed E-state index contributed by atoms with van der Waals surface area (Å²) in [6.07, 6.45) is 3.52. The molecule has 0 saturated carbocycles. The van der Waals surface area contributed by atoms with Crippen molar-refractivity contribution in [3.8, 4) is 0 Å². The molecule has 0 N–H and O–H groups in total. The van der Waals surface area contributed by atoms with E-state index < -0.39 is 0 Å². The van der Waals surface area contributed by atoms with E-state index in [1.165, 1.54) is 24.0 Å². The molecule has 0 fully saturated rings. The Kier molecular flexibility index (Phi) is 6.89. The molecule has 23 heavy (non-hydrogen) atoms. The zero-order valence-corrected chi connectivity index (χ0v) is 15.1. The molecule has 3 unspecified atom stereocenters. The van der Waals surface area contributed by atoms with Gasteiger partial charge in [0.25, 0.3) is 0 Å². The molecule has 0 nitrogen and oxygen atoms in total. The molecule has 2 aromatic rings. The van der Waals surface area contributed by atoms with Crippen molar-refractivity contribution in [1.82, 2.24) is 0 Å². The van der Waals surface area contributed by atoms with Crippen LogP contribution in [0.1, 0.15) is 57.6 Å². The summed E-state index contributed by atoms with van der Waals surface area (Å²) in [6, 6.07) is 22.1. The largest absolute Gasteiger partial charge is 0.0651 e. The predicted molar refractivity (Wildman–Crippen MR) is 101 cm³/mol. The molecule has 2 rings (SSSR count). The van der Waals surface area contributed by atoms with Crippen LogP contribution in [0.4, 0.5) is 0 Å². The average Bonchev–Trinajstić information content (AvgIpc) is 2.62. The summed E-state index contributed by atoms with van der Waals surface area (Å²) in [4.78, 5) is 0. The van der Waals surface area contributed by atoms with Crippen LogP contribution in [-0.4, -0.2) is 0 Å². The summed E-state index contributed by atoms with van der Waals surface area (Å²) in [7, 11) is 0. The van der Waals surface area contributed by atoms with Crippen molar-refractivity contribution in [1.29, 1.82) is 0 Å². The number of benzene rings is 2. The molecule has 0 aliphatic carbocycles. The molecule has 2 aromatic carbocycles. The van der Waals surface area contributed by atoms with Gasteiger partial charge in [-0.15, -0.1) is 0 Å². The third kappa shape index (κ3) is 4.70. The third-order valence-electron chi connectivity index (χ3n) is 5.27. The minimum absolute atomic E-state index is 0.552. The molecule has 0 aliphatic heterocycles. The molecule has 0 aromatic heterocycles. The first-order valence-corrected chi connectivity index (χ1v) is 9.11. The summed E-state index contributed by atoms with van der Waals surface area (Å²) in [5.74, 6) is 3.56. The minimum Gasteiger partial charge on any atom is -0.0651 e. The fourth-order valence-electron chi connectivity index (χ4n) is 3.49. The summed E-state index contributed by atoms with van der Waals surface area (Å²) < 4.78 is 0. The van der Waals surface area contributed by atoms with Crippen LogP contribution < -0.4 is 0 Å². The molecule has 123 valence electrons. The highest BCUT2D eigenvalue weighted by atomic mass is 14.3. The molecular weight excluding hydrogens is 276 g/mol. The van der Waals surface area contributed by atoms with Gasteiger partial charge in [-0.25, -0.2) is 0 Å². The van der Waals surface area contributed by atoms with Crippen LogP contribution in [-0.2, 0) is 6.42 Å². The third-order valence-corrected chi connectivity index (χ3v) is 5.27. The SMILES string of the molecule is CCC(C)[C](Cc1ccccc1)C(c1ccccc1)C(C)CC. The van der Waals surface area contributed by atoms with Crippen molar-refractivity contribution >= 4 is 0 Å². The summed E-state index contributed by atoms with van der Waals surface area (Å²) in [6.45, 7) is 9.44. The molecule has 0 bridgehead atoms. The molecule has 1 radical (unpaired) electrons. The van der Waals surface area contributed by atoms with Crippen LogP contribution in [0.3, 0.4) is 0 Å². The van der Waals surface area contributed by atoms with E-state index in [4.69, 9.17) is 0 Å². The fourth-order valence-corrected chi connectivity index (χ4v) is 3.49. The van der Waals surface area contributed by atoms with Gasteiger partial charge in [-0.1, -0.05) is 101 Å². The van der Waals surface area contributed by atoms with Crippen molar-refractivity contribution in [3.05, 3.63) is 77.7 Å². The van der Waals surface area contributed by atoms with E-state index in [1.807, 2.05) is 0 Å². The van der Waals surface area contributed by atoms with E-state index in [2.05, 4.69) is 88.4 Å². The fraction of sp³-hybridized carbons (Fsp3) is 0.435. The zero-order valence-electron chi connectivity index (χ0n) is 15.1. The van der Waals surface area contributed by atoms with Crippen LogP contribution >= 0.6 is 0 Å². The van der Waals surface area contributed by atoms with Gasteiger partial charge in [0.15, 0.2) is 0 Å². The van der Waals surface area contributed by atoms with Crippen LogP contribution in [0.2, 0.25) is 0 Å². The van der Waals surface area contributed by atoms with Gasteiger partial charge in [0, 0.05) is 0 Å². The summed E-state index contributed by atoms with van der Waals surface area (Å²) >= 11 is 0. The Balaban J connectivity index is 2.36. The average molecular weight is 308 g/mol. The molecular formula is C23H31. The van der Waals surface area contributed by atoms with E-state index in [0.29, 0.717) is 17.8 Å². The second-order valence-corrected chi connectivity index (χ2v) is 6.82. The number of hydrogen-bond donors (Lipinski definition) is 0. The molecule has 0 saturated heterocycles. The number of hydrogen-bond acceptors (Lipinski definition) is 0. The van der Waals surface area contributed by atoms with Gasteiger partial charge in [-0.3, -0.25) is 0 Å². The van der Waals surface area contributed by atoms with Gasteiger partial charge in [0.2, 0.25) is 0 Å². The minimum atomic E-state index is 0.552. The Morgan fingerprint density at radius 2 is 1.35 bits per heavy atom. The molecule has 0 heterocycles. The van der Waals surface area contributed by atoms with E-state index in [9.17, 15) is 0 Å². The van der Waals surface area contributed by atoms with E-state index in [0.717, 1.165) is 6.42 Å². The quantitative estimate of drug-likeness (QED) is 0.510. The van der Waals surface area contributed by atoms with Crippen LogP contribution in [0.25, 0.3) is 0 Å². The highest BCUT2D eigenvalue weighted by Gasteiger charge is 2.31. The van der Waals surface area contributed by atoms with Crippen molar-refractivity contribution in [2.75, 3.05) is 0 Å². The molecule has 0 aliphatic rings. The lowest BCUT2D eigenvalue weighted by molar-refractivity contribution is 0.382. The Bertz CT molecular complexity index is 543. The van der Waals surface area contributed by atoms with Gasteiger partial charge >= 0.3 is 0 Å². The van der Waals surface area contributed by atoms with E-state index >= 15 is 0 Å². The molecule has 3 atom stereocenters. The smallest absolute Gasteiger partial charge is 0.00682 e. The van der Waals surface area contributed by atoms with Gasteiger partial charge in [-0.05, 0) is 41.2 Å². The normalized spacial score (nSPS) is 15.3. The van der Waals surface area contributed by atoms with Gasteiger partial charge in [0.05, 0.1) is 0 Å².